The van der Waals surface area contributed by atoms with Crippen LogP contribution in [0.5, 0.6) is 0 Å². The topological polar surface area (TPSA) is 41.6 Å². The number of benzene rings is 2. The summed E-state index contributed by atoms with van der Waals surface area (Å²) in [5.74, 6) is -0.0897. The molecule has 0 radical (unpaired) electrons. The Morgan fingerprint density at radius 2 is 1.88 bits per heavy atom. The van der Waals surface area contributed by atoms with E-state index in [0.717, 1.165) is 37.4 Å². The molecule has 25 heavy (non-hydrogen) atoms. The predicted molar refractivity (Wildman–Crippen MR) is 102 cm³/mol. The van der Waals surface area contributed by atoms with Crippen molar-refractivity contribution in [3.05, 3.63) is 71.8 Å². The van der Waals surface area contributed by atoms with Crippen LogP contribution in [0.1, 0.15) is 24.1 Å². The monoisotopic (exact) mass is 336 g/mol. The van der Waals surface area contributed by atoms with Crippen molar-refractivity contribution >= 4 is 17.7 Å². The van der Waals surface area contributed by atoms with Crippen molar-refractivity contribution in [3.8, 4) is 0 Å². The van der Waals surface area contributed by atoms with Crippen LogP contribution in [0.15, 0.2) is 60.7 Å². The zero-order chi connectivity index (χ0) is 17.5. The van der Waals surface area contributed by atoms with Crippen molar-refractivity contribution < 1.29 is 9.53 Å². The molecule has 4 heteroatoms. The van der Waals surface area contributed by atoms with Gasteiger partial charge in [-0.05, 0) is 36.3 Å². The number of nitrogens with zero attached hydrogens (tertiary/aromatic N) is 1. The summed E-state index contributed by atoms with van der Waals surface area (Å²) < 4.78 is 5.41. The van der Waals surface area contributed by atoms with Gasteiger partial charge in [-0.25, -0.2) is 0 Å². The molecule has 1 heterocycles. The van der Waals surface area contributed by atoms with E-state index in [-0.39, 0.29) is 11.9 Å². The molecule has 1 atom stereocenters. The summed E-state index contributed by atoms with van der Waals surface area (Å²) >= 11 is 0. The number of ether oxygens (including phenoxy) is 1. The average Bonchev–Trinajstić information content (AvgIpc) is 2.68. The second kappa shape index (κ2) is 8.49. The number of carbonyl (C=O) groups is 1. The first-order valence-electron chi connectivity index (χ1n) is 8.68. The first-order chi connectivity index (χ1) is 12.2. The standard InChI is InChI=1S/C21H24N2O2/c1-17(22-21(24)11-10-18-6-3-2-4-7-18)19-8-5-9-20(16-19)23-12-14-25-15-13-23/h2-11,16-17H,12-15H2,1H3,(H,22,24)/b11-10+/t17-/m0/s1. The molecule has 130 valence electrons. The van der Waals surface area contributed by atoms with E-state index in [1.165, 1.54) is 5.69 Å². The summed E-state index contributed by atoms with van der Waals surface area (Å²) in [7, 11) is 0. The van der Waals surface area contributed by atoms with Crippen molar-refractivity contribution in [2.45, 2.75) is 13.0 Å². The second-order valence-electron chi connectivity index (χ2n) is 6.17. The lowest BCUT2D eigenvalue weighted by molar-refractivity contribution is -0.117. The highest BCUT2D eigenvalue weighted by atomic mass is 16.5. The van der Waals surface area contributed by atoms with Gasteiger partial charge in [-0.1, -0.05) is 42.5 Å². The van der Waals surface area contributed by atoms with Crippen LogP contribution in [-0.2, 0) is 9.53 Å². The van der Waals surface area contributed by atoms with E-state index in [1.54, 1.807) is 6.08 Å². The summed E-state index contributed by atoms with van der Waals surface area (Å²) in [4.78, 5) is 14.5. The van der Waals surface area contributed by atoms with E-state index in [4.69, 9.17) is 4.74 Å². The van der Waals surface area contributed by atoms with E-state index in [9.17, 15) is 4.79 Å². The van der Waals surface area contributed by atoms with Crippen LogP contribution in [0.3, 0.4) is 0 Å². The number of nitrogens with one attached hydrogen (secondary N) is 1. The van der Waals surface area contributed by atoms with Crippen LogP contribution in [0.25, 0.3) is 6.08 Å². The van der Waals surface area contributed by atoms with Crippen molar-refractivity contribution in [1.82, 2.24) is 5.32 Å². The summed E-state index contributed by atoms with van der Waals surface area (Å²) in [6.45, 7) is 5.35. The van der Waals surface area contributed by atoms with Gasteiger partial charge in [0.15, 0.2) is 0 Å². The lowest BCUT2D eigenvalue weighted by Gasteiger charge is -2.29. The third-order valence-corrected chi connectivity index (χ3v) is 4.33. The molecule has 1 saturated heterocycles. The van der Waals surface area contributed by atoms with Gasteiger partial charge in [0.25, 0.3) is 0 Å². The van der Waals surface area contributed by atoms with Gasteiger partial charge in [0.2, 0.25) is 5.91 Å². The first kappa shape index (κ1) is 17.2. The molecule has 1 aliphatic heterocycles. The lowest BCUT2D eigenvalue weighted by atomic mass is 10.1. The Labute approximate surface area is 149 Å². The van der Waals surface area contributed by atoms with Crippen molar-refractivity contribution in [1.29, 1.82) is 0 Å². The first-order valence-corrected chi connectivity index (χ1v) is 8.68. The van der Waals surface area contributed by atoms with Crippen LogP contribution < -0.4 is 10.2 Å². The molecular formula is C21H24N2O2. The molecule has 0 bridgehead atoms. The second-order valence-corrected chi connectivity index (χ2v) is 6.17. The Bertz CT molecular complexity index is 722. The average molecular weight is 336 g/mol. The number of hydrogen-bond acceptors (Lipinski definition) is 3. The minimum atomic E-state index is -0.0897. The van der Waals surface area contributed by atoms with Crippen LogP contribution in [-0.4, -0.2) is 32.2 Å². The summed E-state index contributed by atoms with van der Waals surface area (Å²) in [5, 5.41) is 3.03. The van der Waals surface area contributed by atoms with E-state index >= 15 is 0 Å². The Kier molecular flexibility index (Phi) is 5.86. The van der Waals surface area contributed by atoms with Gasteiger partial charge >= 0.3 is 0 Å². The van der Waals surface area contributed by atoms with Gasteiger partial charge in [0.05, 0.1) is 19.3 Å². The molecule has 4 nitrogen and oxygen atoms in total. The summed E-state index contributed by atoms with van der Waals surface area (Å²) in [6, 6.07) is 18.1. The Hall–Kier alpha value is -2.59. The molecule has 0 aromatic heterocycles. The minimum Gasteiger partial charge on any atom is -0.378 e. The highest BCUT2D eigenvalue weighted by molar-refractivity contribution is 5.91. The van der Waals surface area contributed by atoms with Gasteiger partial charge in [0.1, 0.15) is 0 Å². The molecule has 3 rings (SSSR count). The third kappa shape index (κ3) is 4.94. The number of anilines is 1. The Morgan fingerprint density at radius 3 is 2.64 bits per heavy atom. The molecule has 0 spiro atoms. The Morgan fingerprint density at radius 1 is 1.12 bits per heavy atom. The quantitative estimate of drug-likeness (QED) is 0.851. The van der Waals surface area contributed by atoms with E-state index < -0.39 is 0 Å². The highest BCUT2D eigenvalue weighted by Gasteiger charge is 2.13. The predicted octanol–water partition coefficient (Wildman–Crippen LogP) is 3.41. The normalized spacial score (nSPS) is 16.0. The van der Waals surface area contributed by atoms with Crippen molar-refractivity contribution in [2.24, 2.45) is 0 Å². The molecule has 1 N–H and O–H groups in total. The van der Waals surface area contributed by atoms with Gasteiger partial charge in [-0.3, -0.25) is 4.79 Å². The van der Waals surface area contributed by atoms with Crippen molar-refractivity contribution in [2.75, 3.05) is 31.2 Å². The fourth-order valence-corrected chi connectivity index (χ4v) is 2.89. The van der Waals surface area contributed by atoms with Crippen LogP contribution >= 0.6 is 0 Å². The number of morpholine rings is 1. The van der Waals surface area contributed by atoms with E-state index in [1.807, 2.05) is 49.4 Å². The van der Waals surface area contributed by atoms with Gasteiger partial charge in [-0.15, -0.1) is 0 Å². The van der Waals surface area contributed by atoms with E-state index in [2.05, 4.69) is 28.4 Å². The third-order valence-electron chi connectivity index (χ3n) is 4.33. The fraction of sp³-hybridized carbons (Fsp3) is 0.286. The molecule has 1 amide bonds. The maximum Gasteiger partial charge on any atom is 0.244 e. The highest BCUT2D eigenvalue weighted by Crippen LogP contribution is 2.21. The maximum atomic E-state index is 12.2. The van der Waals surface area contributed by atoms with Crippen LogP contribution in [0.2, 0.25) is 0 Å². The SMILES string of the molecule is C[C@H](NC(=O)/C=C/c1ccccc1)c1cccc(N2CCOCC2)c1. The molecule has 1 aliphatic rings. The van der Waals surface area contributed by atoms with Gasteiger partial charge in [0, 0.05) is 24.9 Å². The molecular weight excluding hydrogens is 312 g/mol. The number of rotatable bonds is 5. The number of carbonyl (C=O) groups excluding carboxylic acids is 1. The summed E-state index contributed by atoms with van der Waals surface area (Å²) in [5.41, 5.74) is 3.30. The zero-order valence-corrected chi connectivity index (χ0v) is 14.5. The van der Waals surface area contributed by atoms with Crippen LogP contribution in [0.4, 0.5) is 5.69 Å². The van der Waals surface area contributed by atoms with Gasteiger partial charge < -0.3 is 15.0 Å². The number of amides is 1. The lowest BCUT2D eigenvalue weighted by Crippen LogP contribution is -2.36. The maximum absolute atomic E-state index is 12.2. The van der Waals surface area contributed by atoms with Gasteiger partial charge in [-0.2, -0.15) is 0 Å². The smallest absolute Gasteiger partial charge is 0.244 e. The van der Waals surface area contributed by atoms with Crippen LogP contribution in [0, 0.1) is 0 Å². The molecule has 1 fully saturated rings. The zero-order valence-electron chi connectivity index (χ0n) is 14.5. The number of hydrogen-bond donors (Lipinski definition) is 1. The minimum absolute atomic E-state index is 0.0473. The molecule has 2 aromatic carbocycles. The van der Waals surface area contributed by atoms with E-state index in [0.29, 0.717) is 0 Å². The fourth-order valence-electron chi connectivity index (χ4n) is 2.89. The summed E-state index contributed by atoms with van der Waals surface area (Å²) in [6.07, 6.45) is 3.41. The molecule has 0 aliphatic carbocycles. The molecule has 0 unspecified atom stereocenters. The molecule has 2 aromatic rings. The van der Waals surface area contributed by atoms with Crippen molar-refractivity contribution in [3.63, 3.8) is 0 Å². The molecule has 0 saturated carbocycles. The Balaban J connectivity index is 1.61. The largest absolute Gasteiger partial charge is 0.378 e.